The number of sulfone groups is 1. The summed E-state index contributed by atoms with van der Waals surface area (Å²) >= 11 is 5.82. The molecule has 2 aromatic rings. The van der Waals surface area contributed by atoms with Crippen LogP contribution >= 0.6 is 11.6 Å². The van der Waals surface area contributed by atoms with Gasteiger partial charge in [-0.1, -0.05) is 17.7 Å². The Bertz CT molecular complexity index is 804. The van der Waals surface area contributed by atoms with Gasteiger partial charge in [-0.3, -0.25) is 4.79 Å². The highest BCUT2D eigenvalue weighted by atomic mass is 35.5. The zero-order chi connectivity index (χ0) is 15.6. The van der Waals surface area contributed by atoms with Crippen LogP contribution in [0.2, 0.25) is 5.02 Å². The number of nitrogens with two attached hydrogens (primary N) is 1. The average molecular weight is 325 g/mol. The number of carbonyl (C=O) groups excluding carboxylic acids is 1. The number of anilines is 2. The van der Waals surface area contributed by atoms with Gasteiger partial charge in [-0.2, -0.15) is 0 Å². The number of amides is 1. The van der Waals surface area contributed by atoms with Gasteiger partial charge in [0.15, 0.2) is 0 Å². The molecule has 3 N–H and O–H groups in total. The van der Waals surface area contributed by atoms with Crippen molar-refractivity contribution in [1.82, 2.24) is 0 Å². The number of carbonyl (C=O) groups is 1. The summed E-state index contributed by atoms with van der Waals surface area (Å²) in [6.07, 6.45) is 0. The molecule has 0 fully saturated rings. The number of rotatable bonds is 3. The molecule has 0 aliphatic heterocycles. The number of nitrogens with one attached hydrogen (secondary N) is 1. The molecular formula is C14H13ClN2O3S. The summed E-state index contributed by atoms with van der Waals surface area (Å²) in [4.78, 5) is 11.2. The molecule has 0 aliphatic carbocycles. The van der Waals surface area contributed by atoms with Gasteiger partial charge >= 0.3 is 0 Å². The van der Waals surface area contributed by atoms with Crippen molar-refractivity contribution in [3.8, 4) is 0 Å². The van der Waals surface area contributed by atoms with Crippen LogP contribution in [0, 0.1) is 0 Å². The van der Waals surface area contributed by atoms with E-state index < -0.39 is 9.84 Å². The summed E-state index contributed by atoms with van der Waals surface area (Å²) in [6.45, 7) is 1.32. The zero-order valence-electron chi connectivity index (χ0n) is 11.1. The maximum atomic E-state index is 12.5. The fourth-order valence-electron chi connectivity index (χ4n) is 1.77. The van der Waals surface area contributed by atoms with Gasteiger partial charge in [0.05, 0.1) is 21.2 Å². The first-order valence-corrected chi connectivity index (χ1v) is 7.84. The molecular weight excluding hydrogens is 312 g/mol. The Hall–Kier alpha value is -2.05. The lowest BCUT2D eigenvalue weighted by atomic mass is 10.2. The van der Waals surface area contributed by atoms with E-state index in [1.165, 1.54) is 37.3 Å². The Balaban J connectivity index is 2.53. The van der Waals surface area contributed by atoms with Gasteiger partial charge in [0.1, 0.15) is 0 Å². The average Bonchev–Trinajstić information content (AvgIpc) is 2.40. The molecule has 0 saturated heterocycles. The van der Waals surface area contributed by atoms with Crippen molar-refractivity contribution in [2.45, 2.75) is 16.7 Å². The third-order valence-corrected chi connectivity index (χ3v) is 4.74. The number of nitrogen functional groups attached to an aromatic ring is 1. The van der Waals surface area contributed by atoms with E-state index in [2.05, 4.69) is 5.32 Å². The molecule has 0 saturated carbocycles. The summed E-state index contributed by atoms with van der Waals surface area (Å²) in [5, 5.41) is 2.82. The molecule has 110 valence electrons. The van der Waals surface area contributed by atoms with Crippen LogP contribution in [0.4, 0.5) is 11.4 Å². The minimum atomic E-state index is -3.73. The minimum absolute atomic E-state index is 0.0303. The van der Waals surface area contributed by atoms with Gasteiger partial charge in [0.2, 0.25) is 15.7 Å². The Kier molecular flexibility index (Phi) is 4.20. The van der Waals surface area contributed by atoms with E-state index >= 15 is 0 Å². The van der Waals surface area contributed by atoms with Crippen molar-refractivity contribution < 1.29 is 13.2 Å². The summed E-state index contributed by atoms with van der Waals surface area (Å²) in [6, 6.07) is 10.1. The highest BCUT2D eigenvalue weighted by Gasteiger charge is 2.19. The van der Waals surface area contributed by atoms with Gasteiger partial charge in [-0.05, 0) is 36.4 Å². The molecule has 0 bridgehead atoms. The normalized spacial score (nSPS) is 11.1. The van der Waals surface area contributed by atoms with Crippen molar-refractivity contribution in [2.24, 2.45) is 0 Å². The van der Waals surface area contributed by atoms with Crippen LogP contribution in [0.15, 0.2) is 52.3 Å². The number of halogens is 1. The maximum Gasteiger partial charge on any atom is 0.221 e. The summed E-state index contributed by atoms with van der Waals surface area (Å²) in [5.41, 5.74) is 6.26. The Morgan fingerprint density at radius 3 is 2.43 bits per heavy atom. The highest BCUT2D eigenvalue weighted by molar-refractivity contribution is 7.91. The third kappa shape index (κ3) is 3.34. The molecule has 0 atom stereocenters. The second kappa shape index (κ2) is 5.75. The molecule has 0 heterocycles. The summed E-state index contributed by atoms with van der Waals surface area (Å²) in [5.74, 6) is -0.334. The van der Waals surface area contributed by atoms with Crippen LogP contribution in [0.5, 0.6) is 0 Å². The number of hydrogen-bond donors (Lipinski definition) is 2. The van der Waals surface area contributed by atoms with Crippen LogP contribution in [-0.2, 0) is 14.6 Å². The second-order valence-electron chi connectivity index (χ2n) is 4.39. The minimum Gasteiger partial charge on any atom is -0.397 e. The lowest BCUT2D eigenvalue weighted by Crippen LogP contribution is -2.10. The van der Waals surface area contributed by atoms with E-state index in [4.69, 9.17) is 17.3 Å². The van der Waals surface area contributed by atoms with Crippen LogP contribution in [0.25, 0.3) is 0 Å². The molecule has 0 aliphatic rings. The van der Waals surface area contributed by atoms with E-state index in [-0.39, 0.29) is 27.1 Å². The van der Waals surface area contributed by atoms with Crippen molar-refractivity contribution in [2.75, 3.05) is 11.1 Å². The van der Waals surface area contributed by atoms with Gasteiger partial charge in [0, 0.05) is 11.9 Å². The van der Waals surface area contributed by atoms with E-state index in [9.17, 15) is 13.2 Å². The van der Waals surface area contributed by atoms with E-state index in [0.29, 0.717) is 5.02 Å². The van der Waals surface area contributed by atoms with Crippen LogP contribution in [-0.4, -0.2) is 14.3 Å². The Labute approximate surface area is 127 Å². The van der Waals surface area contributed by atoms with E-state index in [0.717, 1.165) is 0 Å². The third-order valence-electron chi connectivity index (χ3n) is 2.75. The van der Waals surface area contributed by atoms with Crippen LogP contribution in [0.1, 0.15) is 6.92 Å². The first-order chi connectivity index (χ1) is 9.80. The predicted octanol–water partition coefficient (Wildman–Crippen LogP) is 2.71. The quantitative estimate of drug-likeness (QED) is 0.849. The predicted molar refractivity (Wildman–Crippen MR) is 82.1 cm³/mol. The molecule has 0 aromatic heterocycles. The summed E-state index contributed by atoms with van der Waals surface area (Å²) < 4.78 is 25.0. The van der Waals surface area contributed by atoms with Gasteiger partial charge in [-0.25, -0.2) is 8.42 Å². The number of benzene rings is 2. The van der Waals surface area contributed by atoms with E-state index in [1.54, 1.807) is 12.1 Å². The summed E-state index contributed by atoms with van der Waals surface area (Å²) in [7, 11) is -3.73. The zero-order valence-corrected chi connectivity index (χ0v) is 12.7. The van der Waals surface area contributed by atoms with Crippen molar-refractivity contribution in [1.29, 1.82) is 0 Å². The lowest BCUT2D eigenvalue weighted by Gasteiger charge is -2.10. The molecule has 5 nitrogen and oxygen atoms in total. The molecule has 2 aromatic carbocycles. The largest absolute Gasteiger partial charge is 0.397 e. The fourth-order valence-corrected chi connectivity index (χ4v) is 3.36. The van der Waals surface area contributed by atoms with Crippen LogP contribution in [0.3, 0.4) is 0 Å². The fraction of sp³-hybridized carbons (Fsp3) is 0.0714. The van der Waals surface area contributed by atoms with Gasteiger partial charge < -0.3 is 11.1 Å². The second-order valence-corrected chi connectivity index (χ2v) is 6.78. The SMILES string of the molecule is CC(=O)Nc1cc(S(=O)(=O)c2cccc(Cl)c2)ccc1N. The highest BCUT2D eigenvalue weighted by Crippen LogP contribution is 2.28. The Morgan fingerprint density at radius 2 is 1.81 bits per heavy atom. The monoisotopic (exact) mass is 324 g/mol. The van der Waals surface area contributed by atoms with Gasteiger partial charge in [0.25, 0.3) is 0 Å². The molecule has 0 radical (unpaired) electrons. The van der Waals surface area contributed by atoms with Crippen molar-refractivity contribution in [3.05, 3.63) is 47.5 Å². The molecule has 21 heavy (non-hydrogen) atoms. The smallest absolute Gasteiger partial charge is 0.221 e. The first-order valence-electron chi connectivity index (χ1n) is 5.98. The van der Waals surface area contributed by atoms with E-state index in [1.807, 2.05) is 0 Å². The maximum absolute atomic E-state index is 12.5. The topological polar surface area (TPSA) is 89.3 Å². The van der Waals surface area contributed by atoms with Crippen LogP contribution < -0.4 is 11.1 Å². The Morgan fingerprint density at radius 1 is 1.14 bits per heavy atom. The van der Waals surface area contributed by atoms with Gasteiger partial charge in [-0.15, -0.1) is 0 Å². The molecule has 0 spiro atoms. The molecule has 2 rings (SSSR count). The van der Waals surface area contributed by atoms with Crippen molar-refractivity contribution >= 4 is 38.7 Å². The molecule has 0 unspecified atom stereocenters. The first kappa shape index (κ1) is 15.3. The molecule has 1 amide bonds. The van der Waals surface area contributed by atoms with Crippen molar-refractivity contribution in [3.63, 3.8) is 0 Å². The lowest BCUT2D eigenvalue weighted by molar-refractivity contribution is -0.114. The molecule has 7 heteroatoms. The standard InChI is InChI=1S/C14H13ClN2O3S/c1-9(18)17-14-8-12(5-6-13(14)16)21(19,20)11-4-2-3-10(15)7-11/h2-8H,16H2,1H3,(H,17,18). The number of hydrogen-bond acceptors (Lipinski definition) is 4.